The highest BCUT2D eigenvalue weighted by Crippen LogP contribution is 2.43. The molecule has 0 fully saturated rings. The number of rotatable bonds is 42. The highest BCUT2D eigenvalue weighted by atomic mass is 31.2. The molecule has 9 heteroatoms. The van der Waals surface area contributed by atoms with Crippen LogP contribution in [-0.2, 0) is 27.9 Å². The number of nitrogens with two attached hydrogens (primary N) is 1. The maximum atomic E-state index is 12.5. The van der Waals surface area contributed by atoms with E-state index in [4.69, 9.17) is 24.3 Å². The zero-order valence-electron chi connectivity index (χ0n) is 33.6. The first kappa shape index (κ1) is 50.2. The summed E-state index contributed by atoms with van der Waals surface area (Å²) in [5, 5.41) is 0. The molecular weight excluding hydrogens is 661 g/mol. The molecule has 0 amide bonds. The molecule has 2 unspecified atom stereocenters. The molecular formula is C42H84NO7P. The molecule has 0 saturated heterocycles. The lowest BCUT2D eigenvalue weighted by atomic mass is 10.0. The van der Waals surface area contributed by atoms with Gasteiger partial charge in [0.2, 0.25) is 0 Å². The second-order valence-corrected chi connectivity index (χ2v) is 16.0. The lowest BCUT2D eigenvalue weighted by molar-refractivity contribution is -0.154. The van der Waals surface area contributed by atoms with Crippen LogP contribution in [0, 0.1) is 0 Å². The molecule has 0 aromatic heterocycles. The quantitative estimate of drug-likeness (QED) is 0.0274. The van der Waals surface area contributed by atoms with E-state index < -0.39 is 13.9 Å². The number of ether oxygens (including phenoxy) is 2. The van der Waals surface area contributed by atoms with E-state index in [1.54, 1.807) is 0 Å². The normalized spacial score (nSPS) is 13.6. The van der Waals surface area contributed by atoms with Crippen molar-refractivity contribution in [3.05, 3.63) is 12.2 Å². The molecule has 2 atom stereocenters. The van der Waals surface area contributed by atoms with Gasteiger partial charge in [-0.15, -0.1) is 0 Å². The molecule has 0 aliphatic carbocycles. The molecule has 0 aromatic carbocycles. The number of carbonyl (C=O) groups is 1. The third-order valence-electron chi connectivity index (χ3n) is 9.43. The molecule has 0 spiro atoms. The minimum Gasteiger partial charge on any atom is -0.457 e. The number of esters is 1. The summed E-state index contributed by atoms with van der Waals surface area (Å²) >= 11 is 0. The van der Waals surface area contributed by atoms with Crippen LogP contribution in [0.5, 0.6) is 0 Å². The lowest BCUT2D eigenvalue weighted by Crippen LogP contribution is -2.28. The van der Waals surface area contributed by atoms with Crippen molar-refractivity contribution in [3.8, 4) is 0 Å². The molecule has 8 nitrogen and oxygen atoms in total. The minimum atomic E-state index is -4.26. The van der Waals surface area contributed by atoms with Gasteiger partial charge in [-0.3, -0.25) is 13.8 Å². The Kier molecular flexibility index (Phi) is 39.8. The predicted octanol–water partition coefficient (Wildman–Crippen LogP) is 12.7. The topological polar surface area (TPSA) is 117 Å². The smallest absolute Gasteiger partial charge is 0.457 e. The second kappa shape index (κ2) is 40.4. The van der Waals surface area contributed by atoms with Crippen molar-refractivity contribution in [1.29, 1.82) is 0 Å². The van der Waals surface area contributed by atoms with Crippen molar-refractivity contribution in [2.24, 2.45) is 5.73 Å². The molecule has 304 valence electrons. The Morgan fingerprint density at radius 2 is 0.980 bits per heavy atom. The number of unbranched alkanes of at least 4 members (excludes halogenated alkanes) is 27. The molecule has 51 heavy (non-hydrogen) atoms. The maximum absolute atomic E-state index is 12.5. The third-order valence-corrected chi connectivity index (χ3v) is 10.4. The van der Waals surface area contributed by atoms with Crippen LogP contribution in [0.3, 0.4) is 0 Å². The zero-order chi connectivity index (χ0) is 37.4. The summed E-state index contributed by atoms with van der Waals surface area (Å²) < 4.78 is 33.3. The van der Waals surface area contributed by atoms with Crippen LogP contribution >= 0.6 is 7.82 Å². The van der Waals surface area contributed by atoms with Crippen LogP contribution in [0.15, 0.2) is 12.2 Å². The van der Waals surface area contributed by atoms with Gasteiger partial charge in [0.25, 0.3) is 0 Å². The Balaban J connectivity index is 3.82. The van der Waals surface area contributed by atoms with Crippen molar-refractivity contribution >= 4 is 13.8 Å². The molecule has 0 heterocycles. The van der Waals surface area contributed by atoms with Gasteiger partial charge < -0.3 is 20.1 Å². The number of hydrogen-bond acceptors (Lipinski definition) is 7. The minimum absolute atomic E-state index is 0.0923. The van der Waals surface area contributed by atoms with Crippen molar-refractivity contribution in [1.82, 2.24) is 0 Å². The average molecular weight is 746 g/mol. The van der Waals surface area contributed by atoms with Crippen LogP contribution in [0.25, 0.3) is 0 Å². The summed E-state index contributed by atoms with van der Waals surface area (Å²) in [6, 6.07) is 0. The van der Waals surface area contributed by atoms with E-state index >= 15 is 0 Å². The lowest BCUT2D eigenvalue weighted by Gasteiger charge is -2.20. The Hall–Kier alpha value is -0.760. The van der Waals surface area contributed by atoms with Crippen molar-refractivity contribution in [2.75, 3.05) is 33.0 Å². The Labute approximate surface area is 315 Å². The SMILES string of the molecule is CCCCCCCCCC/C=C\CCCCCCCCCCCCCCOCC(COP(=O)(O)OCCN)OC(=O)CCCCCCCCCC. The summed E-state index contributed by atoms with van der Waals surface area (Å²) in [5.41, 5.74) is 5.35. The van der Waals surface area contributed by atoms with Gasteiger partial charge in [0.15, 0.2) is 0 Å². The van der Waals surface area contributed by atoms with E-state index in [0.29, 0.717) is 13.0 Å². The summed E-state index contributed by atoms with van der Waals surface area (Å²) in [6.07, 6.45) is 42.5. The largest absolute Gasteiger partial charge is 0.472 e. The van der Waals surface area contributed by atoms with Crippen molar-refractivity contribution in [3.63, 3.8) is 0 Å². The van der Waals surface area contributed by atoms with Crippen LogP contribution in [0.2, 0.25) is 0 Å². The predicted molar refractivity (Wildman–Crippen MR) is 215 cm³/mol. The van der Waals surface area contributed by atoms with Crippen molar-refractivity contribution < 1.29 is 32.8 Å². The standard InChI is InChI=1S/C42H84NO7P/c1-3-5-7-9-11-13-14-15-16-17-18-19-20-21-22-23-24-25-26-27-28-30-32-34-37-47-39-41(40-49-51(45,46)48-38-36-43)50-42(44)35-33-31-29-12-10-8-6-4-2/h17-18,41H,3-16,19-40,43H2,1-2H3,(H,45,46)/b18-17-. The second-order valence-electron chi connectivity index (χ2n) is 14.6. The summed E-state index contributed by atoms with van der Waals surface area (Å²) in [7, 11) is -4.26. The van der Waals surface area contributed by atoms with E-state index in [2.05, 4.69) is 26.0 Å². The van der Waals surface area contributed by atoms with Crippen molar-refractivity contribution in [2.45, 2.75) is 219 Å². The van der Waals surface area contributed by atoms with Gasteiger partial charge in [-0.2, -0.15) is 0 Å². The molecule has 0 saturated carbocycles. The number of allylic oxidation sites excluding steroid dienone is 2. The molecule has 0 aromatic rings. The first-order chi connectivity index (χ1) is 24.9. The number of carbonyl (C=O) groups excluding carboxylic acids is 1. The fourth-order valence-electron chi connectivity index (χ4n) is 6.23. The summed E-state index contributed by atoms with van der Waals surface area (Å²) in [5.74, 6) is -0.332. The van der Waals surface area contributed by atoms with Gasteiger partial charge >= 0.3 is 13.8 Å². The first-order valence-electron chi connectivity index (χ1n) is 21.7. The molecule has 0 radical (unpaired) electrons. The van der Waals surface area contributed by atoms with Gasteiger partial charge in [-0.05, 0) is 38.5 Å². The Morgan fingerprint density at radius 3 is 1.43 bits per heavy atom. The summed E-state index contributed by atoms with van der Waals surface area (Å²) in [4.78, 5) is 22.3. The van der Waals surface area contributed by atoms with Gasteiger partial charge in [-0.1, -0.05) is 180 Å². The number of hydrogen-bond donors (Lipinski definition) is 2. The highest BCUT2D eigenvalue weighted by Gasteiger charge is 2.25. The van der Waals surface area contributed by atoms with Crippen LogP contribution in [-0.4, -0.2) is 49.9 Å². The number of phosphoric ester groups is 1. The summed E-state index contributed by atoms with van der Waals surface area (Å²) in [6.45, 7) is 4.92. The third kappa shape index (κ3) is 40.3. The van der Waals surface area contributed by atoms with E-state index in [9.17, 15) is 14.3 Å². The Bertz CT molecular complexity index is 797. The zero-order valence-corrected chi connectivity index (χ0v) is 34.5. The monoisotopic (exact) mass is 746 g/mol. The van der Waals surface area contributed by atoms with E-state index in [1.165, 1.54) is 161 Å². The molecule has 0 aliphatic heterocycles. The number of phosphoric acid groups is 1. The van der Waals surface area contributed by atoms with Gasteiger partial charge in [0, 0.05) is 19.6 Å². The van der Waals surface area contributed by atoms with Gasteiger partial charge in [0.1, 0.15) is 6.10 Å². The molecule has 0 bridgehead atoms. The van der Waals surface area contributed by atoms with E-state index in [-0.39, 0.29) is 32.3 Å². The van der Waals surface area contributed by atoms with E-state index in [1.807, 2.05) is 0 Å². The highest BCUT2D eigenvalue weighted by molar-refractivity contribution is 7.47. The Morgan fingerprint density at radius 1 is 0.569 bits per heavy atom. The van der Waals surface area contributed by atoms with Crippen LogP contribution in [0.4, 0.5) is 0 Å². The van der Waals surface area contributed by atoms with Gasteiger partial charge in [0.05, 0.1) is 19.8 Å². The maximum Gasteiger partial charge on any atom is 0.472 e. The van der Waals surface area contributed by atoms with Crippen LogP contribution in [0.1, 0.15) is 213 Å². The van der Waals surface area contributed by atoms with Gasteiger partial charge in [-0.25, -0.2) is 4.57 Å². The van der Waals surface area contributed by atoms with Crippen LogP contribution < -0.4 is 5.73 Å². The molecule has 0 aliphatic rings. The fourth-order valence-corrected chi connectivity index (χ4v) is 6.99. The fraction of sp³-hybridized carbons (Fsp3) is 0.929. The average Bonchev–Trinajstić information content (AvgIpc) is 3.12. The molecule has 0 rings (SSSR count). The van der Waals surface area contributed by atoms with E-state index in [0.717, 1.165) is 32.1 Å². The first-order valence-corrected chi connectivity index (χ1v) is 23.2. The molecule has 3 N–H and O–H groups in total.